The molecule has 3 N–H and O–H groups in total. The summed E-state index contributed by atoms with van der Waals surface area (Å²) in [6, 6.07) is 3.93. The van der Waals surface area contributed by atoms with E-state index in [4.69, 9.17) is 5.73 Å². The lowest BCUT2D eigenvalue weighted by Crippen LogP contribution is -2.33. The highest BCUT2D eigenvalue weighted by atomic mass is 32.1. The number of nitrogens with one attached hydrogen (secondary N) is 1. The van der Waals surface area contributed by atoms with Gasteiger partial charge in [0.2, 0.25) is 5.91 Å². The maximum atomic E-state index is 12.8. The van der Waals surface area contributed by atoms with Gasteiger partial charge in [-0.3, -0.25) is 14.2 Å². The van der Waals surface area contributed by atoms with Crippen LogP contribution in [0.5, 0.6) is 0 Å². The van der Waals surface area contributed by atoms with E-state index < -0.39 is 0 Å². The maximum absolute atomic E-state index is 12.8. The van der Waals surface area contributed by atoms with Gasteiger partial charge in [-0.1, -0.05) is 6.07 Å². The number of hydrogen-bond donors (Lipinski definition) is 2. The molecule has 6 nitrogen and oxygen atoms in total. The molecule has 0 bridgehead atoms. The summed E-state index contributed by atoms with van der Waals surface area (Å²) in [5.41, 5.74) is 6.13. The molecule has 0 spiro atoms. The standard InChI is InChI=1S/C16H18N4O2S2/c17-5-1-2-6-18-13(21)8-20-10-19-15-14(16(20)22)11(9-24-15)12-4-3-7-23-12/h3-4,7,9-10H,1-2,5-6,8,17H2,(H,18,21). The number of fused-ring (bicyclic) bond motifs is 1. The number of nitrogens with zero attached hydrogens (tertiary/aromatic N) is 2. The van der Waals surface area contributed by atoms with Crippen LogP contribution in [0.2, 0.25) is 0 Å². The molecule has 3 aromatic heterocycles. The van der Waals surface area contributed by atoms with Gasteiger partial charge in [0.05, 0.1) is 11.7 Å². The molecule has 3 aromatic rings. The monoisotopic (exact) mass is 362 g/mol. The molecule has 0 unspecified atom stereocenters. The van der Waals surface area contributed by atoms with Crippen LogP contribution in [0.4, 0.5) is 0 Å². The molecule has 0 aliphatic rings. The molecular formula is C16H18N4O2S2. The first-order valence-corrected chi connectivity index (χ1v) is 9.44. The van der Waals surface area contributed by atoms with Crippen LogP contribution >= 0.6 is 22.7 Å². The molecule has 0 aliphatic heterocycles. The van der Waals surface area contributed by atoms with Crippen LogP contribution in [0.1, 0.15) is 12.8 Å². The fourth-order valence-electron chi connectivity index (χ4n) is 2.40. The predicted octanol–water partition coefficient (Wildman–Crippen LogP) is 2.04. The number of carbonyl (C=O) groups is 1. The lowest BCUT2D eigenvalue weighted by Gasteiger charge is -2.07. The number of amides is 1. The highest BCUT2D eigenvalue weighted by molar-refractivity contribution is 7.18. The SMILES string of the molecule is NCCCCNC(=O)Cn1cnc2scc(-c3cccs3)c2c1=O. The average Bonchev–Trinajstić information content (AvgIpc) is 3.23. The van der Waals surface area contributed by atoms with E-state index in [9.17, 15) is 9.59 Å². The Morgan fingerprint density at radius 2 is 2.21 bits per heavy atom. The van der Waals surface area contributed by atoms with Crippen LogP contribution in [0.15, 0.2) is 34.0 Å². The second kappa shape index (κ2) is 7.69. The van der Waals surface area contributed by atoms with Gasteiger partial charge in [-0.15, -0.1) is 22.7 Å². The molecule has 126 valence electrons. The summed E-state index contributed by atoms with van der Waals surface area (Å²) in [6.07, 6.45) is 3.15. The van der Waals surface area contributed by atoms with E-state index in [1.165, 1.54) is 22.2 Å². The lowest BCUT2D eigenvalue weighted by molar-refractivity contribution is -0.121. The van der Waals surface area contributed by atoms with Gasteiger partial charge in [-0.05, 0) is 30.8 Å². The van der Waals surface area contributed by atoms with Crippen LogP contribution in [-0.2, 0) is 11.3 Å². The van der Waals surface area contributed by atoms with E-state index in [2.05, 4.69) is 10.3 Å². The van der Waals surface area contributed by atoms with Gasteiger partial charge in [-0.25, -0.2) is 4.98 Å². The van der Waals surface area contributed by atoms with Crippen molar-refractivity contribution in [3.05, 3.63) is 39.6 Å². The largest absolute Gasteiger partial charge is 0.355 e. The normalized spacial score (nSPS) is 11.0. The molecule has 8 heteroatoms. The zero-order valence-electron chi connectivity index (χ0n) is 13.0. The van der Waals surface area contributed by atoms with Crippen molar-refractivity contribution in [1.82, 2.24) is 14.9 Å². The smallest absolute Gasteiger partial charge is 0.263 e. The third-order valence-electron chi connectivity index (χ3n) is 3.61. The Morgan fingerprint density at radius 1 is 1.33 bits per heavy atom. The van der Waals surface area contributed by atoms with Crippen LogP contribution in [-0.4, -0.2) is 28.5 Å². The fraction of sp³-hybridized carbons (Fsp3) is 0.312. The van der Waals surface area contributed by atoms with Gasteiger partial charge in [-0.2, -0.15) is 0 Å². The quantitative estimate of drug-likeness (QED) is 0.630. The second-order valence-electron chi connectivity index (χ2n) is 5.33. The number of rotatable bonds is 7. The first-order valence-electron chi connectivity index (χ1n) is 7.68. The molecule has 3 heterocycles. The van der Waals surface area contributed by atoms with Crippen molar-refractivity contribution in [3.63, 3.8) is 0 Å². The Morgan fingerprint density at radius 3 is 2.96 bits per heavy atom. The number of aromatic nitrogens is 2. The zero-order valence-corrected chi connectivity index (χ0v) is 14.7. The van der Waals surface area contributed by atoms with E-state index in [1.807, 2.05) is 22.9 Å². The van der Waals surface area contributed by atoms with E-state index in [-0.39, 0.29) is 18.0 Å². The Labute approximate surface area is 147 Å². The minimum atomic E-state index is -0.192. The summed E-state index contributed by atoms with van der Waals surface area (Å²) in [5.74, 6) is -0.192. The van der Waals surface area contributed by atoms with Crippen LogP contribution in [0, 0.1) is 0 Å². The van der Waals surface area contributed by atoms with E-state index >= 15 is 0 Å². The Balaban J connectivity index is 1.82. The zero-order chi connectivity index (χ0) is 16.9. The highest BCUT2D eigenvalue weighted by Gasteiger charge is 2.15. The Bertz CT molecular complexity index is 883. The Kier molecular flexibility index (Phi) is 5.39. The average molecular weight is 362 g/mol. The minimum Gasteiger partial charge on any atom is -0.355 e. The van der Waals surface area contributed by atoms with Crippen molar-refractivity contribution in [3.8, 4) is 10.4 Å². The molecule has 0 fully saturated rings. The first-order chi connectivity index (χ1) is 11.7. The van der Waals surface area contributed by atoms with Gasteiger partial charge in [0, 0.05) is 22.4 Å². The lowest BCUT2D eigenvalue weighted by atomic mass is 10.2. The van der Waals surface area contributed by atoms with Gasteiger partial charge in [0.15, 0.2) is 0 Å². The van der Waals surface area contributed by atoms with E-state index in [0.717, 1.165) is 23.3 Å². The first kappa shape index (κ1) is 16.8. The van der Waals surface area contributed by atoms with Crippen LogP contribution in [0.25, 0.3) is 20.7 Å². The summed E-state index contributed by atoms with van der Waals surface area (Å²) in [7, 11) is 0. The van der Waals surface area contributed by atoms with Crippen molar-refractivity contribution in [2.75, 3.05) is 13.1 Å². The summed E-state index contributed by atoms with van der Waals surface area (Å²) < 4.78 is 1.37. The van der Waals surface area contributed by atoms with Gasteiger partial charge in [0.1, 0.15) is 11.4 Å². The molecule has 24 heavy (non-hydrogen) atoms. The second-order valence-corrected chi connectivity index (χ2v) is 7.14. The van der Waals surface area contributed by atoms with Gasteiger partial charge < -0.3 is 11.1 Å². The molecule has 0 saturated heterocycles. The third-order valence-corrected chi connectivity index (χ3v) is 5.40. The number of nitrogens with two attached hydrogens (primary N) is 1. The van der Waals surface area contributed by atoms with Crippen LogP contribution in [0.3, 0.4) is 0 Å². The number of thiophene rings is 2. The van der Waals surface area contributed by atoms with Crippen LogP contribution < -0.4 is 16.6 Å². The molecule has 1 amide bonds. The molecule has 0 radical (unpaired) electrons. The number of hydrogen-bond acceptors (Lipinski definition) is 6. The van der Waals surface area contributed by atoms with Crippen molar-refractivity contribution >= 4 is 38.8 Å². The summed E-state index contributed by atoms with van der Waals surface area (Å²) in [6.45, 7) is 1.16. The molecule has 0 atom stereocenters. The Hall–Kier alpha value is -2.03. The minimum absolute atomic E-state index is 0.0237. The summed E-state index contributed by atoms with van der Waals surface area (Å²) in [4.78, 5) is 30.8. The molecule has 0 aliphatic carbocycles. The van der Waals surface area contributed by atoms with E-state index in [0.29, 0.717) is 23.3 Å². The van der Waals surface area contributed by atoms with Crippen molar-refractivity contribution in [1.29, 1.82) is 0 Å². The number of unbranched alkanes of at least 4 members (excludes halogenated alkanes) is 1. The van der Waals surface area contributed by atoms with Crippen molar-refractivity contribution in [2.45, 2.75) is 19.4 Å². The highest BCUT2D eigenvalue weighted by Crippen LogP contribution is 2.33. The molecule has 3 rings (SSSR count). The summed E-state index contributed by atoms with van der Waals surface area (Å²) in [5, 5.41) is 7.31. The van der Waals surface area contributed by atoms with E-state index in [1.54, 1.807) is 11.3 Å². The molecule has 0 saturated carbocycles. The maximum Gasteiger partial charge on any atom is 0.263 e. The molecule has 0 aromatic carbocycles. The predicted molar refractivity (Wildman–Crippen MR) is 98.5 cm³/mol. The van der Waals surface area contributed by atoms with Crippen molar-refractivity contribution < 1.29 is 4.79 Å². The van der Waals surface area contributed by atoms with Gasteiger partial charge in [0.25, 0.3) is 5.56 Å². The fourth-order valence-corrected chi connectivity index (χ4v) is 4.12. The summed E-state index contributed by atoms with van der Waals surface area (Å²) >= 11 is 3.02. The van der Waals surface area contributed by atoms with Gasteiger partial charge >= 0.3 is 0 Å². The van der Waals surface area contributed by atoms with Crippen molar-refractivity contribution in [2.24, 2.45) is 5.73 Å². The topological polar surface area (TPSA) is 90.0 Å². The number of carbonyl (C=O) groups excluding carboxylic acids is 1. The molecular weight excluding hydrogens is 344 g/mol. The third kappa shape index (κ3) is 3.55.